The van der Waals surface area contributed by atoms with Crippen molar-refractivity contribution in [3.8, 4) is 0 Å². The van der Waals surface area contributed by atoms with Gasteiger partial charge in [-0.05, 0) is 24.8 Å². The number of alkyl carbamates (subject to hydrolysis) is 1. The van der Waals surface area contributed by atoms with Crippen molar-refractivity contribution < 1.29 is 19.1 Å². The summed E-state index contributed by atoms with van der Waals surface area (Å²) in [6, 6.07) is 9.49. The van der Waals surface area contributed by atoms with Crippen LogP contribution in [0.4, 0.5) is 4.79 Å². The molecule has 0 aliphatic carbocycles. The number of rotatable bonds is 13. The first kappa shape index (κ1) is 21.0. The maximum absolute atomic E-state index is 11.6. The minimum atomic E-state index is -0.464. The van der Waals surface area contributed by atoms with Gasteiger partial charge in [-0.25, -0.2) is 4.79 Å². The van der Waals surface area contributed by atoms with E-state index in [0.717, 1.165) is 31.4 Å². The highest BCUT2D eigenvalue weighted by atomic mass is 16.5. The molecule has 0 radical (unpaired) electrons. The lowest BCUT2D eigenvalue weighted by molar-refractivity contribution is -0.121. The van der Waals surface area contributed by atoms with E-state index in [4.69, 9.17) is 9.47 Å². The molecule has 0 aromatic heterocycles. The third kappa shape index (κ3) is 12.0. The Bertz CT molecular complexity index is 480. The molecule has 6 heteroatoms. The van der Waals surface area contributed by atoms with Crippen LogP contribution < -0.4 is 10.6 Å². The fraction of sp³-hybridized carbons (Fsp3) is 0.579. The van der Waals surface area contributed by atoms with E-state index < -0.39 is 6.09 Å². The topological polar surface area (TPSA) is 76.7 Å². The molecule has 0 saturated carbocycles. The van der Waals surface area contributed by atoms with Crippen LogP contribution in [-0.2, 0) is 20.9 Å². The monoisotopic (exact) mass is 350 g/mol. The molecule has 140 valence electrons. The molecule has 2 amide bonds. The Morgan fingerprint density at radius 2 is 1.68 bits per heavy atom. The summed E-state index contributed by atoms with van der Waals surface area (Å²) >= 11 is 0. The van der Waals surface area contributed by atoms with Crippen LogP contribution in [0.2, 0.25) is 0 Å². The largest absolute Gasteiger partial charge is 0.445 e. The van der Waals surface area contributed by atoms with Gasteiger partial charge in [0.1, 0.15) is 6.61 Å². The van der Waals surface area contributed by atoms with Crippen LogP contribution in [0.15, 0.2) is 30.3 Å². The number of nitrogens with one attached hydrogen (secondary N) is 2. The Hall–Kier alpha value is -2.08. The van der Waals surface area contributed by atoms with Crippen LogP contribution in [0, 0.1) is 0 Å². The number of benzene rings is 1. The number of ether oxygens (including phenoxy) is 2. The Kier molecular flexibility index (Phi) is 12.0. The molecule has 0 bridgehead atoms. The number of carbonyl (C=O) groups excluding carboxylic acids is 2. The van der Waals surface area contributed by atoms with Crippen molar-refractivity contribution in [3.63, 3.8) is 0 Å². The van der Waals surface area contributed by atoms with Crippen molar-refractivity contribution in [2.24, 2.45) is 0 Å². The molecule has 0 aliphatic rings. The predicted molar refractivity (Wildman–Crippen MR) is 97.2 cm³/mol. The molecule has 0 heterocycles. The van der Waals surface area contributed by atoms with Gasteiger partial charge in [0.05, 0.1) is 0 Å². The lowest BCUT2D eigenvalue weighted by Crippen LogP contribution is -2.28. The van der Waals surface area contributed by atoms with Gasteiger partial charge in [0.25, 0.3) is 0 Å². The smallest absolute Gasteiger partial charge is 0.407 e. The molecule has 25 heavy (non-hydrogen) atoms. The van der Waals surface area contributed by atoms with Gasteiger partial charge in [0, 0.05) is 32.7 Å². The Morgan fingerprint density at radius 3 is 2.44 bits per heavy atom. The van der Waals surface area contributed by atoms with Crippen LogP contribution in [0.25, 0.3) is 0 Å². The molecule has 0 saturated heterocycles. The fourth-order valence-corrected chi connectivity index (χ4v) is 2.05. The average molecular weight is 350 g/mol. The van der Waals surface area contributed by atoms with E-state index in [9.17, 15) is 9.59 Å². The summed E-state index contributed by atoms with van der Waals surface area (Å²) in [7, 11) is 0. The number of amides is 2. The van der Waals surface area contributed by atoms with Crippen molar-refractivity contribution in [2.75, 3.05) is 26.3 Å². The normalized spacial score (nSPS) is 10.3. The minimum absolute atomic E-state index is 0.00647. The lowest BCUT2D eigenvalue weighted by Gasteiger charge is -2.08. The maximum atomic E-state index is 11.6. The van der Waals surface area contributed by atoms with Gasteiger partial charge in [-0.3, -0.25) is 4.79 Å². The van der Waals surface area contributed by atoms with E-state index in [0.29, 0.717) is 32.5 Å². The molecule has 1 aromatic carbocycles. The summed E-state index contributed by atoms with van der Waals surface area (Å²) in [5.74, 6) is -0.00647. The first-order chi connectivity index (χ1) is 12.2. The average Bonchev–Trinajstić information content (AvgIpc) is 2.63. The summed E-state index contributed by atoms with van der Waals surface area (Å²) in [5, 5.41) is 5.49. The molecule has 0 aliphatic heterocycles. The van der Waals surface area contributed by atoms with E-state index in [1.807, 2.05) is 30.3 Å². The Morgan fingerprint density at radius 1 is 0.960 bits per heavy atom. The maximum Gasteiger partial charge on any atom is 0.407 e. The minimum Gasteiger partial charge on any atom is -0.445 e. The zero-order valence-corrected chi connectivity index (χ0v) is 15.1. The summed E-state index contributed by atoms with van der Waals surface area (Å²) in [6.07, 6.45) is 3.53. The Balaban J connectivity index is 1.92. The molecule has 1 rings (SSSR count). The van der Waals surface area contributed by atoms with Gasteiger partial charge in [0.2, 0.25) is 5.91 Å². The molecule has 0 spiro atoms. The van der Waals surface area contributed by atoms with Crippen molar-refractivity contribution in [3.05, 3.63) is 35.9 Å². The summed E-state index contributed by atoms with van der Waals surface area (Å²) in [6.45, 7) is 4.87. The van der Waals surface area contributed by atoms with Crippen LogP contribution >= 0.6 is 0 Å². The first-order valence-electron chi connectivity index (χ1n) is 9.01. The molecule has 0 fully saturated rings. The lowest BCUT2D eigenvalue weighted by atomic mass is 10.2. The highest BCUT2D eigenvalue weighted by Crippen LogP contribution is 2.00. The van der Waals surface area contributed by atoms with Crippen molar-refractivity contribution in [1.29, 1.82) is 0 Å². The van der Waals surface area contributed by atoms with Crippen molar-refractivity contribution >= 4 is 12.0 Å². The number of hydrogen-bond donors (Lipinski definition) is 2. The predicted octanol–water partition coefficient (Wildman–Crippen LogP) is 3.02. The quantitative estimate of drug-likeness (QED) is 0.536. The van der Waals surface area contributed by atoms with E-state index in [2.05, 4.69) is 17.6 Å². The van der Waals surface area contributed by atoms with Gasteiger partial charge < -0.3 is 20.1 Å². The first-order valence-corrected chi connectivity index (χ1v) is 9.01. The van der Waals surface area contributed by atoms with Crippen molar-refractivity contribution in [2.45, 2.75) is 45.6 Å². The van der Waals surface area contributed by atoms with Crippen molar-refractivity contribution in [1.82, 2.24) is 10.6 Å². The van der Waals surface area contributed by atoms with Crippen LogP contribution in [0.1, 0.15) is 44.6 Å². The van der Waals surface area contributed by atoms with Gasteiger partial charge in [-0.1, -0.05) is 43.7 Å². The highest BCUT2D eigenvalue weighted by Gasteiger charge is 2.04. The van der Waals surface area contributed by atoms with E-state index in [-0.39, 0.29) is 12.5 Å². The second kappa shape index (κ2) is 14.3. The summed E-state index contributed by atoms with van der Waals surface area (Å²) in [5.41, 5.74) is 0.940. The zero-order chi connectivity index (χ0) is 18.2. The van der Waals surface area contributed by atoms with Crippen LogP contribution in [0.3, 0.4) is 0 Å². The van der Waals surface area contributed by atoms with E-state index in [1.54, 1.807) is 0 Å². The number of hydrogen-bond acceptors (Lipinski definition) is 4. The molecule has 6 nitrogen and oxygen atoms in total. The van der Waals surface area contributed by atoms with Gasteiger partial charge in [0.15, 0.2) is 0 Å². The third-order valence-corrected chi connectivity index (χ3v) is 3.49. The molecule has 1 aromatic rings. The molecular formula is C19H30N2O4. The van der Waals surface area contributed by atoms with Gasteiger partial charge in [-0.2, -0.15) is 0 Å². The standard InChI is InChI=1S/C19H30N2O4/c1-2-3-14-24-15-8-13-20-18(22)11-7-12-21-19(23)25-16-17-9-5-4-6-10-17/h4-6,9-10H,2-3,7-8,11-16H2,1H3,(H,20,22)(H,21,23). The van der Waals surface area contributed by atoms with Gasteiger partial charge in [-0.15, -0.1) is 0 Å². The van der Waals surface area contributed by atoms with Crippen LogP contribution in [0.5, 0.6) is 0 Å². The summed E-state index contributed by atoms with van der Waals surface area (Å²) < 4.78 is 10.5. The highest BCUT2D eigenvalue weighted by molar-refractivity contribution is 5.75. The molecule has 2 N–H and O–H groups in total. The third-order valence-electron chi connectivity index (χ3n) is 3.49. The zero-order valence-electron chi connectivity index (χ0n) is 15.1. The number of unbranched alkanes of at least 4 members (excludes halogenated alkanes) is 1. The second-order valence-electron chi connectivity index (χ2n) is 5.76. The van der Waals surface area contributed by atoms with E-state index in [1.165, 1.54) is 0 Å². The van der Waals surface area contributed by atoms with Gasteiger partial charge >= 0.3 is 6.09 Å². The summed E-state index contributed by atoms with van der Waals surface area (Å²) in [4.78, 5) is 23.2. The Labute approximate surface area is 150 Å². The fourth-order valence-electron chi connectivity index (χ4n) is 2.05. The number of carbonyl (C=O) groups is 2. The van der Waals surface area contributed by atoms with Crippen LogP contribution in [-0.4, -0.2) is 38.3 Å². The molecular weight excluding hydrogens is 320 g/mol. The molecule has 0 atom stereocenters. The SMILES string of the molecule is CCCCOCCCNC(=O)CCCNC(=O)OCc1ccccc1. The second-order valence-corrected chi connectivity index (χ2v) is 5.76. The molecule has 0 unspecified atom stereocenters. The van der Waals surface area contributed by atoms with E-state index >= 15 is 0 Å².